The molecule has 2 nitrogen and oxygen atoms in total. The fourth-order valence-electron chi connectivity index (χ4n) is 3.39. The Kier molecular flexibility index (Phi) is 6.72. The van der Waals surface area contributed by atoms with Gasteiger partial charge in [0, 0.05) is 17.1 Å². The molecule has 0 fully saturated rings. The van der Waals surface area contributed by atoms with E-state index in [2.05, 4.69) is 85.0 Å². The monoisotopic (exact) mass is 421 g/mol. The van der Waals surface area contributed by atoms with Crippen LogP contribution in [0.2, 0.25) is 0 Å². The second kappa shape index (κ2) is 10.0. The van der Waals surface area contributed by atoms with Crippen LogP contribution in [-0.4, -0.2) is 5.91 Å². The van der Waals surface area contributed by atoms with Crippen molar-refractivity contribution in [2.24, 2.45) is 0 Å². The average molecular weight is 421 g/mol. The first kappa shape index (κ1) is 20.8. The van der Waals surface area contributed by atoms with E-state index in [-0.39, 0.29) is 5.91 Å². The van der Waals surface area contributed by atoms with Gasteiger partial charge in [0.2, 0.25) is 0 Å². The van der Waals surface area contributed by atoms with Crippen LogP contribution < -0.4 is 15.9 Å². The van der Waals surface area contributed by atoms with Gasteiger partial charge in [0.05, 0.1) is 0 Å². The minimum Gasteiger partial charge on any atom is -0.328 e. The highest BCUT2D eigenvalue weighted by molar-refractivity contribution is 7.82. The van der Waals surface area contributed by atoms with Crippen LogP contribution in [0, 0.1) is 6.92 Å². The minimum atomic E-state index is -0.853. The van der Waals surface area contributed by atoms with Crippen molar-refractivity contribution in [3.05, 3.63) is 138 Å². The second-order valence-corrected chi connectivity index (χ2v) is 9.43. The molecule has 0 atom stereocenters. The first-order valence-electron chi connectivity index (χ1n) is 10.3. The molecule has 4 aromatic rings. The molecule has 31 heavy (non-hydrogen) atoms. The van der Waals surface area contributed by atoms with Gasteiger partial charge < -0.3 is 5.32 Å². The molecule has 0 unspecified atom stereocenters. The van der Waals surface area contributed by atoms with Crippen LogP contribution in [-0.2, 0) is 0 Å². The van der Waals surface area contributed by atoms with E-state index in [4.69, 9.17) is 0 Å². The van der Waals surface area contributed by atoms with Crippen molar-refractivity contribution in [1.29, 1.82) is 0 Å². The Morgan fingerprint density at radius 2 is 1.13 bits per heavy atom. The van der Waals surface area contributed by atoms with E-state index >= 15 is 0 Å². The Balaban J connectivity index is 1.81. The van der Waals surface area contributed by atoms with Gasteiger partial charge in [-0.2, -0.15) is 0 Å². The summed E-state index contributed by atoms with van der Waals surface area (Å²) in [5.74, 6) is -0.110. The van der Waals surface area contributed by atoms with E-state index in [1.54, 1.807) is 0 Å². The Morgan fingerprint density at radius 3 is 1.65 bits per heavy atom. The van der Waals surface area contributed by atoms with Gasteiger partial charge in [-0.3, -0.25) is 4.79 Å². The maximum atomic E-state index is 12.8. The zero-order valence-corrected chi connectivity index (χ0v) is 18.3. The number of carbonyl (C=O) groups is 1. The normalized spacial score (nSPS) is 11.4. The van der Waals surface area contributed by atoms with E-state index in [9.17, 15) is 4.79 Å². The number of nitrogens with one attached hydrogen (secondary N) is 1. The third-order valence-corrected chi connectivity index (χ3v) is 7.49. The highest BCUT2D eigenvalue weighted by Crippen LogP contribution is 2.48. The Morgan fingerprint density at radius 1 is 0.645 bits per heavy atom. The first-order valence-corrected chi connectivity index (χ1v) is 11.6. The van der Waals surface area contributed by atoms with Crippen molar-refractivity contribution >= 4 is 29.8 Å². The molecular weight excluding hydrogens is 397 g/mol. The van der Waals surface area contributed by atoms with Gasteiger partial charge >= 0.3 is 0 Å². The Bertz CT molecular complexity index is 1110. The van der Waals surface area contributed by atoms with Crippen molar-refractivity contribution in [3.63, 3.8) is 0 Å². The van der Waals surface area contributed by atoms with E-state index in [0.29, 0.717) is 5.56 Å². The molecular formula is C28H24NOP. The van der Waals surface area contributed by atoms with Crippen LogP contribution in [0.1, 0.15) is 21.5 Å². The van der Waals surface area contributed by atoms with E-state index in [1.807, 2.05) is 48.7 Å². The highest BCUT2D eigenvalue weighted by Gasteiger charge is 2.20. The molecule has 0 heterocycles. The van der Waals surface area contributed by atoms with Crippen molar-refractivity contribution in [2.75, 3.05) is 0 Å². The minimum absolute atomic E-state index is 0.110. The molecule has 0 saturated heterocycles. The number of hydrogen-bond acceptors (Lipinski definition) is 1. The molecule has 0 spiro atoms. The van der Waals surface area contributed by atoms with Gasteiger partial charge in [-0.15, -0.1) is 0 Å². The predicted molar refractivity (Wildman–Crippen MR) is 132 cm³/mol. The van der Waals surface area contributed by atoms with Crippen molar-refractivity contribution in [3.8, 4) is 0 Å². The molecule has 0 aliphatic heterocycles. The Hall–Kier alpha value is -3.48. The van der Waals surface area contributed by atoms with Gasteiger partial charge in [0.25, 0.3) is 5.91 Å². The van der Waals surface area contributed by atoms with Gasteiger partial charge in [-0.1, -0.05) is 109 Å². The van der Waals surface area contributed by atoms with Crippen LogP contribution in [0.5, 0.6) is 0 Å². The lowest BCUT2D eigenvalue weighted by Crippen LogP contribution is -2.19. The fourth-order valence-corrected chi connectivity index (χ4v) is 5.79. The number of carbonyl (C=O) groups excluding carboxylic acids is 1. The molecule has 0 aromatic heterocycles. The lowest BCUT2D eigenvalue weighted by Gasteiger charge is -2.23. The fraction of sp³-hybridized carbons (Fsp3) is 0.0357. The highest BCUT2D eigenvalue weighted by atomic mass is 31.1. The zero-order chi connectivity index (χ0) is 21.5. The number of rotatable bonds is 6. The molecule has 3 heteroatoms. The quantitative estimate of drug-likeness (QED) is 0.389. The summed E-state index contributed by atoms with van der Waals surface area (Å²) >= 11 is 0. The molecule has 0 aliphatic rings. The summed E-state index contributed by atoms with van der Waals surface area (Å²) < 4.78 is 0. The smallest absolute Gasteiger partial charge is 0.255 e. The van der Waals surface area contributed by atoms with Crippen LogP contribution in [0.3, 0.4) is 0 Å². The van der Waals surface area contributed by atoms with E-state index in [1.165, 1.54) is 16.2 Å². The number of benzene rings is 4. The third-order valence-electron chi connectivity index (χ3n) is 4.99. The molecule has 0 radical (unpaired) electrons. The summed E-state index contributed by atoms with van der Waals surface area (Å²) in [6.45, 7) is 2.08. The zero-order valence-electron chi connectivity index (χ0n) is 17.4. The summed E-state index contributed by atoms with van der Waals surface area (Å²) in [4.78, 5) is 12.8. The number of amides is 1. The second-order valence-electron chi connectivity index (χ2n) is 7.24. The van der Waals surface area contributed by atoms with Crippen LogP contribution in [0.25, 0.3) is 5.31 Å². The van der Waals surface area contributed by atoms with E-state index < -0.39 is 7.92 Å². The lowest BCUT2D eigenvalue weighted by atomic mass is 10.1. The molecule has 1 N–H and O–H groups in total. The topological polar surface area (TPSA) is 29.1 Å². The number of hydrogen-bond donors (Lipinski definition) is 1. The number of aryl methyl sites for hydroxylation is 1. The van der Waals surface area contributed by atoms with E-state index in [0.717, 1.165) is 10.9 Å². The SMILES string of the molecule is Cc1ccc(C(=CNC(=O)c2ccccc2)P(c2ccccc2)c2ccccc2)cc1. The summed E-state index contributed by atoms with van der Waals surface area (Å²) in [5.41, 5.74) is 2.96. The van der Waals surface area contributed by atoms with Crippen molar-refractivity contribution in [2.45, 2.75) is 6.92 Å². The van der Waals surface area contributed by atoms with Gasteiger partial charge in [-0.05, 0) is 43.2 Å². The van der Waals surface area contributed by atoms with Gasteiger partial charge in [-0.25, -0.2) is 0 Å². The molecule has 0 aliphatic carbocycles. The summed E-state index contributed by atoms with van der Waals surface area (Å²) in [7, 11) is -0.853. The third kappa shape index (κ3) is 5.17. The van der Waals surface area contributed by atoms with Crippen LogP contribution >= 0.6 is 7.92 Å². The largest absolute Gasteiger partial charge is 0.328 e. The first-order chi connectivity index (χ1) is 15.2. The maximum absolute atomic E-state index is 12.8. The summed E-state index contributed by atoms with van der Waals surface area (Å²) in [5, 5.41) is 6.64. The lowest BCUT2D eigenvalue weighted by molar-refractivity contribution is 0.0970. The standard InChI is InChI=1S/C28H24NOP/c1-22-17-19-23(20-18-22)27(21-29-28(30)24-11-5-2-6-12-24)31(25-13-7-3-8-14-25)26-15-9-4-10-16-26/h2-21H,1H3,(H,29,30). The molecule has 0 bridgehead atoms. The van der Waals surface area contributed by atoms with Gasteiger partial charge in [0.1, 0.15) is 0 Å². The summed E-state index contributed by atoms with van der Waals surface area (Å²) in [6.07, 6.45) is 1.89. The molecule has 152 valence electrons. The predicted octanol–water partition coefficient (Wildman–Crippen LogP) is 5.86. The van der Waals surface area contributed by atoms with Crippen LogP contribution in [0.15, 0.2) is 121 Å². The molecule has 4 rings (SSSR count). The van der Waals surface area contributed by atoms with Crippen LogP contribution in [0.4, 0.5) is 0 Å². The average Bonchev–Trinajstić information content (AvgIpc) is 2.84. The van der Waals surface area contributed by atoms with Crippen molar-refractivity contribution < 1.29 is 4.79 Å². The molecule has 4 aromatic carbocycles. The van der Waals surface area contributed by atoms with Crippen molar-refractivity contribution in [1.82, 2.24) is 5.32 Å². The Labute approximate surface area is 185 Å². The maximum Gasteiger partial charge on any atom is 0.255 e. The van der Waals surface area contributed by atoms with Gasteiger partial charge in [0.15, 0.2) is 0 Å². The molecule has 1 amide bonds. The summed E-state index contributed by atoms with van der Waals surface area (Å²) in [6, 6.07) is 38.8. The molecule has 0 saturated carbocycles.